The van der Waals surface area contributed by atoms with Crippen molar-refractivity contribution in [2.24, 2.45) is 5.73 Å². The quantitative estimate of drug-likeness (QED) is 0.269. The molecule has 0 fully saturated rings. The third-order valence-electron chi connectivity index (χ3n) is 3.74. The van der Waals surface area contributed by atoms with E-state index in [4.69, 9.17) is 32.3 Å². The maximum absolute atomic E-state index is 5.76. The number of hydrogen-bond donors (Lipinski definition) is 2. The van der Waals surface area contributed by atoms with E-state index in [1.165, 1.54) is 0 Å². The highest BCUT2D eigenvalue weighted by atomic mass is 28.4. The van der Waals surface area contributed by atoms with Crippen LogP contribution >= 0.6 is 0 Å². The summed E-state index contributed by atoms with van der Waals surface area (Å²) in [4.78, 5) is 0. The molecule has 0 aromatic carbocycles. The van der Waals surface area contributed by atoms with Crippen LogP contribution in [0.2, 0.25) is 12.1 Å². The normalized spacial score (nSPS) is 12.0. The summed E-state index contributed by atoms with van der Waals surface area (Å²) in [6.07, 6.45) is 2.02. The molecule has 0 atom stereocenters. The molecule has 166 valence electrons. The summed E-state index contributed by atoms with van der Waals surface area (Å²) in [7, 11) is 0.257. The van der Waals surface area contributed by atoms with Gasteiger partial charge in [-0.2, -0.15) is 0 Å². The van der Waals surface area contributed by atoms with Crippen LogP contribution in [0.1, 0.15) is 40.5 Å². The van der Waals surface area contributed by atoms with Gasteiger partial charge in [-0.05, 0) is 33.7 Å². The fourth-order valence-corrected chi connectivity index (χ4v) is 6.86. The summed E-state index contributed by atoms with van der Waals surface area (Å²) < 4.78 is 32.8. The third-order valence-corrected chi connectivity index (χ3v) is 9.87. The molecular weight excluding hydrogens is 384 g/mol. The molecule has 0 amide bonds. The lowest BCUT2D eigenvalue weighted by Crippen LogP contribution is -2.46. The Morgan fingerprint density at radius 2 is 1.19 bits per heavy atom. The molecule has 0 aliphatic heterocycles. The zero-order chi connectivity index (χ0) is 21.0. The van der Waals surface area contributed by atoms with E-state index in [9.17, 15) is 0 Å². The first-order valence-corrected chi connectivity index (χ1v) is 13.8. The summed E-state index contributed by atoms with van der Waals surface area (Å²) in [5.41, 5.74) is 5.41. The van der Waals surface area contributed by atoms with Crippen LogP contribution in [-0.2, 0) is 26.6 Å². The number of rotatable bonds is 17. The molecule has 0 saturated heterocycles. The van der Waals surface area contributed by atoms with Crippen molar-refractivity contribution in [1.82, 2.24) is 5.32 Å². The van der Waals surface area contributed by atoms with Gasteiger partial charge in [-0.1, -0.05) is 13.3 Å². The van der Waals surface area contributed by atoms with Gasteiger partial charge in [-0.3, -0.25) is 0 Å². The van der Waals surface area contributed by atoms with Crippen molar-refractivity contribution in [2.75, 3.05) is 60.8 Å². The van der Waals surface area contributed by atoms with Crippen LogP contribution in [-0.4, -0.2) is 78.4 Å². The summed E-state index contributed by atoms with van der Waals surface area (Å²) in [6.45, 7) is 12.4. The van der Waals surface area contributed by atoms with Crippen molar-refractivity contribution >= 4 is 17.6 Å². The lowest BCUT2D eigenvalue weighted by molar-refractivity contribution is 0.0708. The molecule has 0 unspecified atom stereocenters. The van der Waals surface area contributed by atoms with Crippen LogP contribution in [0.5, 0.6) is 0 Å². The molecule has 0 aliphatic rings. The molecular formula is C17H44N2O6Si2. The number of nitrogens with one attached hydrogen (secondary N) is 1. The van der Waals surface area contributed by atoms with Crippen molar-refractivity contribution in [3.8, 4) is 0 Å². The van der Waals surface area contributed by atoms with Crippen LogP contribution in [0, 0.1) is 0 Å². The van der Waals surface area contributed by atoms with Crippen LogP contribution in [0.25, 0.3) is 0 Å². The van der Waals surface area contributed by atoms with Crippen LogP contribution < -0.4 is 11.1 Å². The van der Waals surface area contributed by atoms with Crippen molar-refractivity contribution in [3.05, 3.63) is 0 Å². The van der Waals surface area contributed by atoms with Gasteiger partial charge in [0.05, 0.1) is 0 Å². The Hall–Kier alpha value is 0.114. The lowest BCUT2D eigenvalue weighted by atomic mass is 10.5. The Morgan fingerprint density at radius 3 is 1.48 bits per heavy atom. The number of hydrogen-bond acceptors (Lipinski definition) is 8. The standard InChI is InChI=1S/C11H28N2O3Si.C6H16O3Si/c1-4-14-17(15-5-2,16-6-3)11-7-9-13-10-8-12;1-5-6-10(7-2,8-3)9-4/h13H,4-12H2,1-3H3;5-6H2,1-4H3. The van der Waals surface area contributed by atoms with Crippen LogP contribution in [0.4, 0.5) is 0 Å². The Bertz CT molecular complexity index is 288. The minimum absolute atomic E-state index is 0.641. The molecule has 10 heteroatoms. The Labute approximate surface area is 169 Å². The smallest absolute Gasteiger partial charge is 0.377 e. The van der Waals surface area contributed by atoms with E-state index in [0.717, 1.165) is 38.0 Å². The molecule has 27 heavy (non-hydrogen) atoms. The fraction of sp³-hybridized carbons (Fsp3) is 1.00. The average molecular weight is 429 g/mol. The number of nitrogens with two attached hydrogens (primary N) is 1. The second-order valence-electron chi connectivity index (χ2n) is 5.67. The topological polar surface area (TPSA) is 93.4 Å². The van der Waals surface area contributed by atoms with E-state index in [2.05, 4.69) is 12.2 Å². The molecule has 0 aromatic rings. The van der Waals surface area contributed by atoms with Gasteiger partial charge in [0.15, 0.2) is 0 Å². The summed E-state index contributed by atoms with van der Waals surface area (Å²) in [5.74, 6) is 0. The molecule has 0 saturated carbocycles. The first kappa shape index (κ1) is 29.3. The van der Waals surface area contributed by atoms with Crippen molar-refractivity contribution in [1.29, 1.82) is 0 Å². The monoisotopic (exact) mass is 428 g/mol. The molecule has 0 radical (unpaired) electrons. The van der Waals surface area contributed by atoms with Crippen molar-refractivity contribution in [2.45, 2.75) is 52.6 Å². The molecule has 0 heterocycles. The van der Waals surface area contributed by atoms with Crippen molar-refractivity contribution < 1.29 is 26.6 Å². The van der Waals surface area contributed by atoms with Gasteiger partial charge >= 0.3 is 17.6 Å². The minimum Gasteiger partial charge on any atom is -0.377 e. The van der Waals surface area contributed by atoms with E-state index < -0.39 is 17.6 Å². The van der Waals surface area contributed by atoms with Crippen molar-refractivity contribution in [3.63, 3.8) is 0 Å². The maximum Gasteiger partial charge on any atom is 0.500 e. The molecule has 0 rings (SSSR count). The highest BCUT2D eigenvalue weighted by molar-refractivity contribution is 6.61. The highest BCUT2D eigenvalue weighted by Gasteiger charge is 2.39. The van der Waals surface area contributed by atoms with E-state index in [1.54, 1.807) is 21.3 Å². The van der Waals surface area contributed by atoms with E-state index >= 15 is 0 Å². The van der Waals surface area contributed by atoms with Gasteiger partial charge in [0.25, 0.3) is 0 Å². The van der Waals surface area contributed by atoms with E-state index in [1.807, 2.05) is 20.8 Å². The van der Waals surface area contributed by atoms with E-state index in [0.29, 0.717) is 26.4 Å². The van der Waals surface area contributed by atoms with Gasteiger partial charge in [-0.15, -0.1) is 0 Å². The first-order chi connectivity index (χ1) is 13.0. The second kappa shape index (κ2) is 19.4. The van der Waals surface area contributed by atoms with Gasteiger partial charge < -0.3 is 37.6 Å². The lowest BCUT2D eigenvalue weighted by Gasteiger charge is -2.28. The SMILES string of the molecule is CCC[Si](OC)(OC)OC.CCO[Si](CCCNCCN)(OCC)OCC. The zero-order valence-electron chi connectivity index (χ0n) is 18.6. The maximum atomic E-state index is 5.76. The third kappa shape index (κ3) is 13.8. The molecule has 0 spiro atoms. The van der Waals surface area contributed by atoms with Gasteiger partial charge in [0, 0.05) is 66.3 Å². The van der Waals surface area contributed by atoms with Crippen LogP contribution in [0.3, 0.4) is 0 Å². The van der Waals surface area contributed by atoms with Gasteiger partial charge in [0.1, 0.15) is 0 Å². The second-order valence-corrected chi connectivity index (χ2v) is 11.5. The van der Waals surface area contributed by atoms with Gasteiger partial charge in [0.2, 0.25) is 0 Å². The largest absolute Gasteiger partial charge is 0.500 e. The Morgan fingerprint density at radius 1 is 0.704 bits per heavy atom. The molecule has 3 N–H and O–H groups in total. The summed E-state index contributed by atoms with van der Waals surface area (Å²) in [6, 6.07) is 1.75. The predicted octanol–water partition coefficient (Wildman–Crippen LogP) is 2.25. The highest BCUT2D eigenvalue weighted by Crippen LogP contribution is 2.17. The summed E-state index contributed by atoms with van der Waals surface area (Å²) >= 11 is 0. The molecule has 0 aromatic heterocycles. The average Bonchev–Trinajstić information content (AvgIpc) is 2.67. The predicted molar refractivity (Wildman–Crippen MR) is 114 cm³/mol. The minimum atomic E-state index is -2.43. The zero-order valence-corrected chi connectivity index (χ0v) is 20.6. The molecule has 8 nitrogen and oxygen atoms in total. The Balaban J connectivity index is 0. The van der Waals surface area contributed by atoms with Crippen LogP contribution in [0.15, 0.2) is 0 Å². The van der Waals surface area contributed by atoms with Gasteiger partial charge in [-0.25, -0.2) is 0 Å². The summed E-state index contributed by atoms with van der Waals surface area (Å²) in [5, 5.41) is 3.26. The molecule has 0 bridgehead atoms. The Kier molecular flexibility index (Phi) is 21.1. The van der Waals surface area contributed by atoms with E-state index in [-0.39, 0.29) is 0 Å². The first-order valence-electron chi connectivity index (χ1n) is 9.97. The molecule has 0 aliphatic carbocycles. The fourth-order valence-electron chi connectivity index (χ4n) is 2.52.